The van der Waals surface area contributed by atoms with Crippen molar-refractivity contribution in [2.75, 3.05) is 39.8 Å². The molecule has 1 aliphatic rings. The Kier molecular flexibility index (Phi) is 6.15. The van der Waals surface area contributed by atoms with Gasteiger partial charge in [-0.2, -0.15) is 0 Å². The second kappa shape index (κ2) is 7.21. The summed E-state index contributed by atoms with van der Waals surface area (Å²) in [5.41, 5.74) is 0. The van der Waals surface area contributed by atoms with Crippen molar-refractivity contribution in [1.82, 2.24) is 10.2 Å². The molecule has 0 aromatic rings. The lowest BCUT2D eigenvalue weighted by Crippen LogP contribution is -2.26. The molecule has 84 valence electrons. The van der Waals surface area contributed by atoms with Gasteiger partial charge in [-0.05, 0) is 52.9 Å². The summed E-state index contributed by atoms with van der Waals surface area (Å²) < 4.78 is 5.72. The summed E-state index contributed by atoms with van der Waals surface area (Å²) in [6.45, 7) is 7.75. The Morgan fingerprint density at radius 2 is 2.07 bits per heavy atom. The van der Waals surface area contributed by atoms with E-state index in [-0.39, 0.29) is 0 Å². The number of hydrogen-bond acceptors (Lipinski definition) is 3. The maximum Gasteiger partial charge on any atom is 0.0597 e. The maximum absolute atomic E-state index is 5.72. The summed E-state index contributed by atoms with van der Waals surface area (Å²) in [5, 5.41) is 3.14. The molecule has 1 N–H and O–H groups in total. The largest absolute Gasteiger partial charge is 0.377 e. The smallest absolute Gasteiger partial charge is 0.0597 e. The zero-order valence-electron chi connectivity index (χ0n) is 9.59. The predicted molar refractivity (Wildman–Crippen MR) is 59.6 cm³/mol. The lowest BCUT2D eigenvalue weighted by atomic mass is 10.3. The minimum absolute atomic E-state index is 0.394. The molecule has 1 unspecified atom stereocenters. The molecule has 3 nitrogen and oxygen atoms in total. The van der Waals surface area contributed by atoms with Crippen LogP contribution in [0.1, 0.15) is 26.2 Å². The highest BCUT2D eigenvalue weighted by molar-refractivity contribution is 4.65. The van der Waals surface area contributed by atoms with Crippen LogP contribution in [-0.2, 0) is 4.74 Å². The highest BCUT2D eigenvalue weighted by atomic mass is 16.5. The fourth-order valence-electron chi connectivity index (χ4n) is 1.82. The van der Waals surface area contributed by atoms with Crippen LogP contribution in [0.4, 0.5) is 0 Å². The first kappa shape index (κ1) is 12.0. The van der Waals surface area contributed by atoms with Crippen LogP contribution in [-0.4, -0.2) is 50.8 Å². The van der Waals surface area contributed by atoms with Gasteiger partial charge in [0.1, 0.15) is 0 Å². The molecule has 1 saturated heterocycles. The van der Waals surface area contributed by atoms with Crippen molar-refractivity contribution in [3.8, 4) is 0 Å². The maximum atomic E-state index is 5.72. The van der Waals surface area contributed by atoms with Crippen LogP contribution in [0.3, 0.4) is 0 Å². The van der Waals surface area contributed by atoms with E-state index in [1.54, 1.807) is 0 Å². The molecule has 0 amide bonds. The zero-order valence-corrected chi connectivity index (χ0v) is 9.59. The Bertz CT molecular complexity index is 135. The number of ether oxygens (including phenoxy) is 1. The molecule has 1 atom stereocenters. The van der Waals surface area contributed by atoms with Gasteiger partial charge in [0, 0.05) is 6.54 Å². The Morgan fingerprint density at radius 3 is 2.71 bits per heavy atom. The highest BCUT2D eigenvalue weighted by Crippen LogP contribution is 2.06. The molecule has 0 aromatic carbocycles. The van der Waals surface area contributed by atoms with Crippen molar-refractivity contribution < 1.29 is 4.74 Å². The average Bonchev–Trinajstić information content (AvgIpc) is 2.67. The molecule has 0 aromatic heterocycles. The van der Waals surface area contributed by atoms with Crippen molar-refractivity contribution >= 4 is 0 Å². The summed E-state index contributed by atoms with van der Waals surface area (Å²) in [6.07, 6.45) is 4.24. The third kappa shape index (κ3) is 4.94. The number of nitrogens with zero attached hydrogens (tertiary/aromatic N) is 1. The second-order valence-corrected chi connectivity index (χ2v) is 4.12. The molecule has 1 fully saturated rings. The standard InChI is InChI=1S/C11H24N2O/c1-11(5-6-12-2)14-10-9-13-7-3-4-8-13/h11-12H,3-10H2,1-2H3. The minimum Gasteiger partial charge on any atom is -0.377 e. The molecule has 14 heavy (non-hydrogen) atoms. The van der Waals surface area contributed by atoms with Gasteiger partial charge >= 0.3 is 0 Å². The highest BCUT2D eigenvalue weighted by Gasteiger charge is 2.11. The van der Waals surface area contributed by atoms with E-state index in [1.807, 2.05) is 7.05 Å². The summed E-state index contributed by atoms with van der Waals surface area (Å²) in [5.74, 6) is 0. The van der Waals surface area contributed by atoms with E-state index in [9.17, 15) is 0 Å². The van der Waals surface area contributed by atoms with Crippen LogP contribution < -0.4 is 5.32 Å². The van der Waals surface area contributed by atoms with E-state index in [0.29, 0.717) is 6.10 Å². The van der Waals surface area contributed by atoms with E-state index in [4.69, 9.17) is 4.74 Å². The molecule has 1 rings (SSSR count). The number of likely N-dealkylation sites (tertiary alicyclic amines) is 1. The molecule has 3 heteroatoms. The Morgan fingerprint density at radius 1 is 1.36 bits per heavy atom. The summed E-state index contributed by atoms with van der Waals surface area (Å²) in [6, 6.07) is 0. The van der Waals surface area contributed by atoms with Gasteiger partial charge in [0.25, 0.3) is 0 Å². The lowest BCUT2D eigenvalue weighted by Gasteiger charge is -2.17. The van der Waals surface area contributed by atoms with Gasteiger partial charge in [-0.1, -0.05) is 0 Å². The number of nitrogens with one attached hydrogen (secondary N) is 1. The molecule has 1 aliphatic heterocycles. The zero-order chi connectivity index (χ0) is 10.2. The Labute approximate surface area is 87.8 Å². The van der Waals surface area contributed by atoms with E-state index >= 15 is 0 Å². The summed E-state index contributed by atoms with van der Waals surface area (Å²) in [4.78, 5) is 2.49. The summed E-state index contributed by atoms with van der Waals surface area (Å²) >= 11 is 0. The first-order valence-corrected chi connectivity index (χ1v) is 5.81. The molecule has 0 radical (unpaired) electrons. The monoisotopic (exact) mass is 200 g/mol. The average molecular weight is 200 g/mol. The van der Waals surface area contributed by atoms with Gasteiger partial charge in [-0.15, -0.1) is 0 Å². The van der Waals surface area contributed by atoms with Crippen molar-refractivity contribution in [3.63, 3.8) is 0 Å². The van der Waals surface area contributed by atoms with E-state index < -0.39 is 0 Å². The summed E-state index contributed by atoms with van der Waals surface area (Å²) in [7, 11) is 1.98. The lowest BCUT2D eigenvalue weighted by molar-refractivity contribution is 0.0477. The SMILES string of the molecule is CNCCC(C)OCCN1CCCC1. The molecule has 0 spiro atoms. The molecular formula is C11H24N2O. The Balaban J connectivity index is 1.91. The predicted octanol–water partition coefficient (Wildman–Crippen LogP) is 1.10. The van der Waals surface area contributed by atoms with Gasteiger partial charge in [-0.3, -0.25) is 0 Å². The van der Waals surface area contributed by atoms with Crippen LogP contribution in [0.15, 0.2) is 0 Å². The van der Waals surface area contributed by atoms with E-state index in [1.165, 1.54) is 25.9 Å². The fourth-order valence-corrected chi connectivity index (χ4v) is 1.82. The Hall–Kier alpha value is -0.120. The van der Waals surface area contributed by atoms with Crippen molar-refractivity contribution in [2.45, 2.75) is 32.3 Å². The van der Waals surface area contributed by atoms with Crippen LogP contribution in [0.25, 0.3) is 0 Å². The van der Waals surface area contributed by atoms with E-state index in [2.05, 4.69) is 17.1 Å². The second-order valence-electron chi connectivity index (χ2n) is 4.12. The topological polar surface area (TPSA) is 24.5 Å². The van der Waals surface area contributed by atoms with Crippen molar-refractivity contribution in [3.05, 3.63) is 0 Å². The minimum atomic E-state index is 0.394. The fraction of sp³-hybridized carbons (Fsp3) is 1.00. The third-order valence-electron chi connectivity index (χ3n) is 2.81. The quantitative estimate of drug-likeness (QED) is 0.666. The van der Waals surface area contributed by atoms with Crippen LogP contribution in [0, 0.1) is 0 Å². The van der Waals surface area contributed by atoms with Gasteiger partial charge in [-0.25, -0.2) is 0 Å². The van der Waals surface area contributed by atoms with Crippen LogP contribution in [0.2, 0.25) is 0 Å². The first-order chi connectivity index (χ1) is 6.83. The van der Waals surface area contributed by atoms with Gasteiger partial charge < -0.3 is 15.0 Å². The van der Waals surface area contributed by atoms with Crippen LogP contribution in [0.5, 0.6) is 0 Å². The molecule has 0 aliphatic carbocycles. The van der Waals surface area contributed by atoms with Gasteiger partial charge in [0.05, 0.1) is 12.7 Å². The normalized spacial score (nSPS) is 20.1. The number of rotatable bonds is 7. The number of hydrogen-bond donors (Lipinski definition) is 1. The molecule has 0 saturated carbocycles. The van der Waals surface area contributed by atoms with Crippen LogP contribution >= 0.6 is 0 Å². The first-order valence-electron chi connectivity index (χ1n) is 5.81. The third-order valence-corrected chi connectivity index (χ3v) is 2.81. The van der Waals surface area contributed by atoms with Crippen molar-refractivity contribution in [1.29, 1.82) is 0 Å². The molecule has 1 heterocycles. The molecular weight excluding hydrogens is 176 g/mol. The van der Waals surface area contributed by atoms with Gasteiger partial charge in [0.15, 0.2) is 0 Å². The van der Waals surface area contributed by atoms with Crippen molar-refractivity contribution in [2.24, 2.45) is 0 Å². The van der Waals surface area contributed by atoms with Gasteiger partial charge in [0.2, 0.25) is 0 Å². The van der Waals surface area contributed by atoms with E-state index in [0.717, 1.165) is 26.1 Å². The molecule has 0 bridgehead atoms.